The average molecular weight is 445 g/mol. The fourth-order valence-electron chi connectivity index (χ4n) is 4.33. The second-order valence-corrected chi connectivity index (χ2v) is 8.00. The minimum atomic E-state index is -0.373. The molecule has 3 aromatic carbocycles. The van der Waals surface area contributed by atoms with Crippen LogP contribution >= 0.6 is 0 Å². The number of amides is 2. The van der Waals surface area contributed by atoms with Crippen LogP contribution in [-0.4, -0.2) is 50.6 Å². The number of methoxy groups -OCH3 is 2. The van der Waals surface area contributed by atoms with Crippen molar-refractivity contribution in [3.05, 3.63) is 83.9 Å². The van der Waals surface area contributed by atoms with Crippen molar-refractivity contribution in [3.8, 4) is 22.6 Å². The van der Waals surface area contributed by atoms with Crippen molar-refractivity contribution >= 4 is 11.8 Å². The summed E-state index contributed by atoms with van der Waals surface area (Å²) < 4.78 is 10.9. The van der Waals surface area contributed by atoms with Gasteiger partial charge in [-0.05, 0) is 35.7 Å². The van der Waals surface area contributed by atoms with E-state index in [-0.39, 0.29) is 17.7 Å². The molecule has 1 aliphatic heterocycles. The Morgan fingerprint density at radius 2 is 1.55 bits per heavy atom. The number of carbonyl (C=O) groups is 2. The molecule has 1 saturated heterocycles. The standard InChI is InChI=1S/C27H28N2O4/c1-32-24-13-7-5-11-22(24)21-10-4-3-9-19(21)17-20-18-29(16-15-28-26(20)30)27(31)23-12-6-8-14-25(23)33-2/h3-14,20H,15-18H2,1-2H3,(H,28,30)/t20-/m0/s1. The van der Waals surface area contributed by atoms with Gasteiger partial charge in [-0.3, -0.25) is 9.59 Å². The van der Waals surface area contributed by atoms with Gasteiger partial charge in [-0.2, -0.15) is 0 Å². The van der Waals surface area contributed by atoms with E-state index in [1.54, 1.807) is 31.3 Å². The van der Waals surface area contributed by atoms with E-state index in [1.165, 1.54) is 0 Å². The maximum atomic E-state index is 13.3. The van der Waals surface area contributed by atoms with Crippen LogP contribution in [0.3, 0.4) is 0 Å². The Balaban J connectivity index is 1.62. The van der Waals surface area contributed by atoms with Gasteiger partial charge in [0.2, 0.25) is 5.91 Å². The van der Waals surface area contributed by atoms with E-state index in [0.29, 0.717) is 37.4 Å². The van der Waals surface area contributed by atoms with Gasteiger partial charge in [0.15, 0.2) is 0 Å². The van der Waals surface area contributed by atoms with Crippen molar-refractivity contribution in [2.24, 2.45) is 5.92 Å². The van der Waals surface area contributed by atoms with E-state index < -0.39 is 0 Å². The van der Waals surface area contributed by atoms with Gasteiger partial charge in [-0.1, -0.05) is 54.6 Å². The fourth-order valence-corrected chi connectivity index (χ4v) is 4.33. The lowest BCUT2D eigenvalue weighted by Gasteiger charge is -2.24. The molecule has 0 bridgehead atoms. The minimum absolute atomic E-state index is 0.0415. The predicted molar refractivity (Wildman–Crippen MR) is 128 cm³/mol. The predicted octanol–water partition coefficient (Wildman–Crippen LogP) is 3.80. The number of ether oxygens (including phenoxy) is 2. The third kappa shape index (κ3) is 4.85. The van der Waals surface area contributed by atoms with E-state index in [4.69, 9.17) is 9.47 Å². The third-order valence-electron chi connectivity index (χ3n) is 6.00. The summed E-state index contributed by atoms with van der Waals surface area (Å²) >= 11 is 0. The zero-order valence-electron chi connectivity index (χ0n) is 18.9. The van der Waals surface area contributed by atoms with Crippen LogP contribution in [0.25, 0.3) is 11.1 Å². The summed E-state index contributed by atoms with van der Waals surface area (Å²) in [5.74, 6) is 0.765. The normalized spacial score (nSPS) is 16.0. The van der Waals surface area contributed by atoms with Gasteiger partial charge in [0.1, 0.15) is 11.5 Å². The van der Waals surface area contributed by atoms with Gasteiger partial charge in [0.05, 0.1) is 25.7 Å². The summed E-state index contributed by atoms with van der Waals surface area (Å²) in [4.78, 5) is 28.0. The number of nitrogens with zero attached hydrogens (tertiary/aromatic N) is 1. The molecule has 6 heteroatoms. The molecule has 1 N–H and O–H groups in total. The molecule has 0 spiro atoms. The molecule has 0 unspecified atom stereocenters. The molecular weight excluding hydrogens is 416 g/mol. The molecule has 0 aromatic heterocycles. The molecular formula is C27H28N2O4. The monoisotopic (exact) mass is 444 g/mol. The van der Waals surface area contributed by atoms with Gasteiger partial charge in [-0.15, -0.1) is 0 Å². The molecule has 33 heavy (non-hydrogen) atoms. The first-order valence-corrected chi connectivity index (χ1v) is 11.0. The first-order chi connectivity index (χ1) is 16.1. The number of benzene rings is 3. The van der Waals surface area contributed by atoms with Gasteiger partial charge in [0.25, 0.3) is 5.91 Å². The van der Waals surface area contributed by atoms with Crippen LogP contribution in [0.1, 0.15) is 15.9 Å². The highest BCUT2D eigenvalue weighted by atomic mass is 16.5. The molecule has 0 radical (unpaired) electrons. The molecule has 3 aromatic rings. The Morgan fingerprint density at radius 3 is 2.30 bits per heavy atom. The summed E-state index contributed by atoms with van der Waals surface area (Å²) in [7, 11) is 3.21. The molecule has 2 amide bonds. The maximum Gasteiger partial charge on any atom is 0.257 e. The highest BCUT2D eigenvalue weighted by molar-refractivity contribution is 5.97. The lowest BCUT2D eigenvalue weighted by Crippen LogP contribution is -2.37. The highest BCUT2D eigenvalue weighted by Gasteiger charge is 2.30. The topological polar surface area (TPSA) is 67.9 Å². The van der Waals surface area contributed by atoms with Gasteiger partial charge >= 0.3 is 0 Å². The van der Waals surface area contributed by atoms with Gasteiger partial charge in [-0.25, -0.2) is 0 Å². The van der Waals surface area contributed by atoms with E-state index >= 15 is 0 Å². The average Bonchev–Trinajstić information content (AvgIpc) is 3.05. The number of hydrogen-bond donors (Lipinski definition) is 1. The molecule has 1 atom stereocenters. The van der Waals surface area contributed by atoms with Crippen LogP contribution in [-0.2, 0) is 11.2 Å². The van der Waals surface area contributed by atoms with Crippen molar-refractivity contribution in [3.63, 3.8) is 0 Å². The SMILES string of the molecule is COc1ccccc1C(=O)N1CCNC(=O)[C@@H](Cc2ccccc2-c2ccccc2OC)C1. The Bertz CT molecular complexity index is 1140. The molecule has 1 fully saturated rings. The summed E-state index contributed by atoms with van der Waals surface area (Å²) in [6.07, 6.45) is 0.510. The molecule has 0 aliphatic carbocycles. The quantitative estimate of drug-likeness (QED) is 0.628. The Hall–Kier alpha value is -3.80. The molecule has 170 valence electrons. The van der Waals surface area contributed by atoms with Crippen LogP contribution < -0.4 is 14.8 Å². The molecule has 1 aliphatic rings. The fraction of sp³-hybridized carbons (Fsp3) is 0.259. The van der Waals surface area contributed by atoms with E-state index in [9.17, 15) is 9.59 Å². The Morgan fingerprint density at radius 1 is 0.909 bits per heavy atom. The van der Waals surface area contributed by atoms with Crippen LogP contribution in [0.4, 0.5) is 0 Å². The Labute approximate surface area is 194 Å². The van der Waals surface area contributed by atoms with Gasteiger partial charge in [0, 0.05) is 25.2 Å². The lowest BCUT2D eigenvalue weighted by atomic mass is 9.91. The van der Waals surface area contributed by atoms with Crippen LogP contribution in [0.5, 0.6) is 11.5 Å². The number of carbonyl (C=O) groups excluding carboxylic acids is 2. The summed E-state index contributed by atoms with van der Waals surface area (Å²) in [6.45, 7) is 1.21. The van der Waals surface area contributed by atoms with E-state index in [2.05, 4.69) is 5.32 Å². The van der Waals surface area contributed by atoms with Crippen molar-refractivity contribution in [1.82, 2.24) is 10.2 Å². The first kappa shape index (κ1) is 22.4. The van der Waals surface area contributed by atoms with Crippen molar-refractivity contribution in [1.29, 1.82) is 0 Å². The largest absolute Gasteiger partial charge is 0.496 e. The van der Waals surface area contributed by atoms with Crippen LogP contribution in [0, 0.1) is 5.92 Å². The minimum Gasteiger partial charge on any atom is -0.496 e. The molecule has 4 rings (SSSR count). The van der Waals surface area contributed by atoms with E-state index in [0.717, 1.165) is 22.4 Å². The Kier molecular flexibility index (Phi) is 6.93. The highest BCUT2D eigenvalue weighted by Crippen LogP contribution is 2.33. The van der Waals surface area contributed by atoms with Crippen molar-refractivity contribution in [2.45, 2.75) is 6.42 Å². The van der Waals surface area contributed by atoms with Gasteiger partial charge < -0.3 is 19.7 Å². The van der Waals surface area contributed by atoms with E-state index in [1.807, 2.05) is 60.7 Å². The second kappa shape index (κ2) is 10.2. The molecule has 6 nitrogen and oxygen atoms in total. The van der Waals surface area contributed by atoms with Crippen LogP contribution in [0.15, 0.2) is 72.8 Å². The van der Waals surface area contributed by atoms with Crippen molar-refractivity contribution in [2.75, 3.05) is 33.9 Å². The number of para-hydroxylation sites is 2. The smallest absolute Gasteiger partial charge is 0.257 e. The first-order valence-electron chi connectivity index (χ1n) is 11.0. The summed E-state index contributed by atoms with van der Waals surface area (Å²) in [5.41, 5.74) is 3.54. The lowest BCUT2D eigenvalue weighted by molar-refractivity contribution is -0.124. The van der Waals surface area contributed by atoms with Crippen LogP contribution in [0.2, 0.25) is 0 Å². The molecule has 0 saturated carbocycles. The number of nitrogens with one attached hydrogen (secondary N) is 1. The second-order valence-electron chi connectivity index (χ2n) is 8.00. The third-order valence-corrected chi connectivity index (χ3v) is 6.00. The number of rotatable bonds is 6. The number of hydrogen-bond acceptors (Lipinski definition) is 4. The zero-order valence-corrected chi connectivity index (χ0v) is 18.9. The molecule has 1 heterocycles. The summed E-state index contributed by atoms with van der Waals surface area (Å²) in [5, 5.41) is 2.97. The zero-order chi connectivity index (χ0) is 23.2. The maximum absolute atomic E-state index is 13.3. The summed E-state index contributed by atoms with van der Waals surface area (Å²) in [6, 6.07) is 23.1. The van der Waals surface area contributed by atoms with Crippen molar-refractivity contribution < 1.29 is 19.1 Å².